The number of rotatable bonds is 7. The van der Waals surface area contributed by atoms with Crippen LogP contribution in [-0.4, -0.2) is 28.5 Å². The van der Waals surface area contributed by atoms with Gasteiger partial charge in [0.2, 0.25) is 5.91 Å². The molecule has 0 spiro atoms. The first-order chi connectivity index (χ1) is 13.4. The highest BCUT2D eigenvalue weighted by Gasteiger charge is 2.33. The van der Waals surface area contributed by atoms with Crippen LogP contribution in [0.1, 0.15) is 34.8 Å². The Bertz CT molecular complexity index is 965. The van der Waals surface area contributed by atoms with Crippen molar-refractivity contribution in [2.75, 3.05) is 7.11 Å². The second-order valence-electron chi connectivity index (χ2n) is 6.59. The monoisotopic (exact) mass is 385 g/mol. The van der Waals surface area contributed by atoms with Crippen molar-refractivity contribution in [3.63, 3.8) is 0 Å². The summed E-state index contributed by atoms with van der Waals surface area (Å²) < 4.78 is 5.41. The summed E-state index contributed by atoms with van der Waals surface area (Å²) in [5.74, 6) is -0.990. The number of nitrogens with zero attached hydrogens (tertiary/aromatic N) is 2. The Balaban J connectivity index is 1.85. The molecule has 1 fully saturated rings. The molecule has 1 unspecified atom stereocenters. The summed E-state index contributed by atoms with van der Waals surface area (Å²) in [5.41, 5.74) is -0.976. The molecule has 1 saturated carbocycles. The summed E-state index contributed by atoms with van der Waals surface area (Å²) in [6.45, 7) is -0.444. The normalized spacial score (nSPS) is 14.2. The third kappa shape index (κ3) is 4.25. The number of hydrogen-bond acceptors (Lipinski definition) is 6. The Morgan fingerprint density at radius 1 is 1.32 bits per heavy atom. The molecule has 28 heavy (non-hydrogen) atoms. The zero-order chi connectivity index (χ0) is 20.3. The summed E-state index contributed by atoms with van der Waals surface area (Å²) in [6.07, 6.45) is 3.07. The average Bonchev–Trinajstić information content (AvgIpc) is 3.52. The van der Waals surface area contributed by atoms with E-state index in [0.717, 1.165) is 42.3 Å². The molecule has 0 saturated heterocycles. The lowest BCUT2D eigenvalue weighted by Gasteiger charge is -2.19. The Morgan fingerprint density at radius 2 is 2.00 bits per heavy atom. The van der Waals surface area contributed by atoms with E-state index in [1.807, 2.05) is 30.3 Å². The number of methoxy groups -OCH3 is 1. The van der Waals surface area contributed by atoms with Gasteiger partial charge in [0.25, 0.3) is 0 Å². The molecule has 146 valence electrons. The molecular formula is C19H19N3O6. The van der Waals surface area contributed by atoms with E-state index in [0.29, 0.717) is 5.92 Å². The number of benzene rings is 1. The van der Waals surface area contributed by atoms with Crippen LogP contribution in [0.2, 0.25) is 0 Å². The Labute approximate surface area is 160 Å². The smallest absolute Gasteiger partial charge is 0.339 e. The maximum Gasteiger partial charge on any atom is 0.339 e. The van der Waals surface area contributed by atoms with Gasteiger partial charge in [0, 0.05) is 12.3 Å². The van der Waals surface area contributed by atoms with Crippen LogP contribution in [0.3, 0.4) is 0 Å². The molecule has 1 N–H and O–H groups in total. The number of ether oxygens (including phenoxy) is 1. The van der Waals surface area contributed by atoms with E-state index in [-0.39, 0.29) is 11.6 Å². The first kappa shape index (κ1) is 19.3. The first-order valence-electron chi connectivity index (χ1n) is 8.72. The van der Waals surface area contributed by atoms with Gasteiger partial charge in [-0.25, -0.2) is 4.79 Å². The lowest BCUT2D eigenvalue weighted by molar-refractivity contribution is -0.386. The summed E-state index contributed by atoms with van der Waals surface area (Å²) in [6, 6.07) is 10.1. The second-order valence-corrected chi connectivity index (χ2v) is 6.59. The predicted octanol–water partition coefficient (Wildman–Crippen LogP) is 1.81. The molecule has 2 aromatic rings. The van der Waals surface area contributed by atoms with Gasteiger partial charge in [0.15, 0.2) is 0 Å². The number of nitrogens with one attached hydrogen (secondary N) is 1. The van der Waals surface area contributed by atoms with E-state index in [1.54, 1.807) is 0 Å². The summed E-state index contributed by atoms with van der Waals surface area (Å²) >= 11 is 0. The predicted molar refractivity (Wildman–Crippen MR) is 98.7 cm³/mol. The van der Waals surface area contributed by atoms with E-state index in [9.17, 15) is 24.5 Å². The van der Waals surface area contributed by atoms with Crippen molar-refractivity contribution >= 4 is 17.6 Å². The average molecular weight is 385 g/mol. The van der Waals surface area contributed by atoms with Gasteiger partial charge in [0.1, 0.15) is 6.54 Å². The molecule has 3 rings (SSSR count). The van der Waals surface area contributed by atoms with Gasteiger partial charge in [-0.05, 0) is 24.3 Å². The standard InChI is InChI=1S/C19H19N3O6/c1-28-19(25)14-9-15(22(26)27)18(24)21(10-14)11-16(23)20-17(13-7-8-13)12-5-3-2-4-6-12/h2-6,9-10,13,17H,7-8,11H2,1H3,(H,20,23). The van der Waals surface area contributed by atoms with Crippen LogP contribution in [0, 0.1) is 16.0 Å². The molecule has 9 heteroatoms. The van der Waals surface area contributed by atoms with Crippen LogP contribution >= 0.6 is 0 Å². The van der Waals surface area contributed by atoms with Crippen LogP contribution < -0.4 is 10.9 Å². The van der Waals surface area contributed by atoms with Gasteiger partial charge in [0.05, 0.1) is 23.6 Å². The van der Waals surface area contributed by atoms with E-state index in [4.69, 9.17) is 0 Å². The molecule has 1 aliphatic rings. The highest BCUT2D eigenvalue weighted by molar-refractivity contribution is 5.89. The quantitative estimate of drug-likeness (QED) is 0.441. The maximum absolute atomic E-state index is 12.6. The van der Waals surface area contributed by atoms with Gasteiger partial charge < -0.3 is 10.1 Å². The van der Waals surface area contributed by atoms with Crippen LogP contribution in [0.4, 0.5) is 5.69 Å². The second kappa shape index (κ2) is 8.03. The minimum absolute atomic E-state index is 0.177. The summed E-state index contributed by atoms with van der Waals surface area (Å²) in [7, 11) is 1.12. The van der Waals surface area contributed by atoms with Crippen LogP contribution in [0.25, 0.3) is 0 Å². The number of aromatic nitrogens is 1. The van der Waals surface area contributed by atoms with Gasteiger partial charge in [-0.2, -0.15) is 0 Å². The van der Waals surface area contributed by atoms with Crippen LogP contribution in [0.5, 0.6) is 0 Å². The number of amides is 1. The highest BCUT2D eigenvalue weighted by Crippen LogP contribution is 2.40. The van der Waals surface area contributed by atoms with Crippen molar-refractivity contribution in [3.8, 4) is 0 Å². The van der Waals surface area contributed by atoms with E-state index >= 15 is 0 Å². The van der Waals surface area contributed by atoms with Gasteiger partial charge in [-0.1, -0.05) is 30.3 Å². The molecular weight excluding hydrogens is 366 g/mol. The van der Waals surface area contributed by atoms with Crippen molar-refractivity contribution in [2.24, 2.45) is 5.92 Å². The number of nitro groups is 1. The molecule has 1 amide bonds. The fourth-order valence-corrected chi connectivity index (χ4v) is 3.03. The van der Waals surface area contributed by atoms with E-state index in [1.165, 1.54) is 0 Å². The van der Waals surface area contributed by atoms with Gasteiger partial charge >= 0.3 is 17.2 Å². The van der Waals surface area contributed by atoms with Crippen LogP contribution in [0.15, 0.2) is 47.4 Å². The lowest BCUT2D eigenvalue weighted by Crippen LogP contribution is -2.36. The summed E-state index contributed by atoms with van der Waals surface area (Å²) in [4.78, 5) is 46.8. The fraction of sp³-hybridized carbons (Fsp3) is 0.316. The topological polar surface area (TPSA) is 121 Å². The zero-order valence-electron chi connectivity index (χ0n) is 15.2. The molecule has 1 aromatic carbocycles. The zero-order valence-corrected chi connectivity index (χ0v) is 15.2. The minimum Gasteiger partial charge on any atom is -0.465 e. The number of hydrogen-bond donors (Lipinski definition) is 1. The van der Waals surface area contributed by atoms with Gasteiger partial charge in [-0.15, -0.1) is 0 Å². The molecule has 1 heterocycles. The Hall–Kier alpha value is -3.49. The Morgan fingerprint density at radius 3 is 2.57 bits per heavy atom. The number of carbonyl (C=O) groups excluding carboxylic acids is 2. The molecule has 1 aliphatic carbocycles. The molecule has 9 nitrogen and oxygen atoms in total. The maximum atomic E-state index is 12.6. The summed E-state index contributed by atoms with van der Waals surface area (Å²) in [5, 5.41) is 14.0. The lowest BCUT2D eigenvalue weighted by atomic mass is 10.0. The van der Waals surface area contributed by atoms with Crippen molar-refractivity contribution in [2.45, 2.75) is 25.4 Å². The number of pyridine rings is 1. The van der Waals surface area contributed by atoms with Gasteiger partial charge in [-0.3, -0.25) is 24.3 Å². The Kier molecular flexibility index (Phi) is 5.53. The first-order valence-corrected chi connectivity index (χ1v) is 8.72. The van der Waals surface area contributed by atoms with Crippen molar-refractivity contribution in [1.29, 1.82) is 0 Å². The highest BCUT2D eigenvalue weighted by atomic mass is 16.6. The largest absolute Gasteiger partial charge is 0.465 e. The number of carbonyl (C=O) groups is 2. The molecule has 1 aromatic heterocycles. The van der Waals surface area contributed by atoms with E-state index < -0.39 is 34.6 Å². The molecule has 0 aliphatic heterocycles. The molecule has 0 radical (unpaired) electrons. The molecule has 1 atom stereocenters. The van der Waals surface area contributed by atoms with Crippen LogP contribution in [-0.2, 0) is 16.1 Å². The molecule has 0 bridgehead atoms. The third-order valence-electron chi connectivity index (χ3n) is 4.57. The van der Waals surface area contributed by atoms with Crippen molar-refractivity contribution in [3.05, 3.63) is 74.2 Å². The van der Waals surface area contributed by atoms with Crippen molar-refractivity contribution < 1.29 is 19.2 Å². The fourth-order valence-electron chi connectivity index (χ4n) is 3.03. The number of esters is 1. The van der Waals surface area contributed by atoms with Crippen molar-refractivity contribution in [1.82, 2.24) is 9.88 Å². The third-order valence-corrected chi connectivity index (χ3v) is 4.57. The minimum atomic E-state index is -0.963. The van der Waals surface area contributed by atoms with E-state index in [2.05, 4.69) is 10.1 Å². The SMILES string of the molecule is COC(=O)c1cc([N+](=O)[O-])c(=O)n(CC(=O)NC(c2ccccc2)C2CC2)c1.